The van der Waals surface area contributed by atoms with Gasteiger partial charge < -0.3 is 10.5 Å². The third-order valence-electron chi connectivity index (χ3n) is 5.46. The smallest absolute Gasteiger partial charge is 0.120 e. The predicted octanol–water partition coefficient (Wildman–Crippen LogP) is 4.62. The number of fused-ring (bicyclic) bond motifs is 1. The average Bonchev–Trinajstić information content (AvgIpc) is 2.71. The van der Waals surface area contributed by atoms with Crippen molar-refractivity contribution in [3.05, 3.63) is 95.1 Å². The normalized spacial score (nSPS) is 16.7. The van der Waals surface area contributed by atoms with Gasteiger partial charge in [0.05, 0.1) is 0 Å². The number of benzene rings is 3. The number of likely N-dealkylation sites (N-methyl/N-ethyl adjacent to an activating group) is 1. The number of rotatable bonds is 5. The fourth-order valence-electron chi connectivity index (χ4n) is 3.84. The van der Waals surface area contributed by atoms with Gasteiger partial charge in [0.15, 0.2) is 0 Å². The van der Waals surface area contributed by atoms with E-state index in [1.54, 1.807) is 0 Å². The molecular formula is C24H26N2O. The van der Waals surface area contributed by atoms with E-state index >= 15 is 0 Å². The van der Waals surface area contributed by atoms with E-state index in [1.807, 2.05) is 30.3 Å². The highest BCUT2D eigenvalue weighted by molar-refractivity contribution is 5.51. The van der Waals surface area contributed by atoms with Gasteiger partial charge in [-0.2, -0.15) is 0 Å². The Hall–Kier alpha value is -2.78. The molecule has 0 radical (unpaired) electrons. The van der Waals surface area contributed by atoms with Gasteiger partial charge in [0.2, 0.25) is 0 Å². The lowest BCUT2D eigenvalue weighted by atomic mass is 9.89. The van der Waals surface area contributed by atoms with Crippen LogP contribution in [-0.2, 0) is 19.4 Å². The van der Waals surface area contributed by atoms with E-state index < -0.39 is 0 Å². The van der Waals surface area contributed by atoms with Crippen molar-refractivity contribution in [2.45, 2.75) is 25.5 Å². The first-order valence-electron chi connectivity index (χ1n) is 9.54. The summed E-state index contributed by atoms with van der Waals surface area (Å²) in [7, 11) is 2.20. The van der Waals surface area contributed by atoms with Crippen molar-refractivity contribution in [1.82, 2.24) is 4.90 Å². The van der Waals surface area contributed by atoms with Gasteiger partial charge in [-0.1, -0.05) is 54.6 Å². The van der Waals surface area contributed by atoms with Gasteiger partial charge in [-0.25, -0.2) is 0 Å². The fraction of sp³-hybridized carbons (Fsp3) is 0.250. The summed E-state index contributed by atoms with van der Waals surface area (Å²) in [4.78, 5) is 2.43. The van der Waals surface area contributed by atoms with Crippen LogP contribution in [0, 0.1) is 0 Å². The van der Waals surface area contributed by atoms with Crippen molar-refractivity contribution in [3.8, 4) is 5.75 Å². The van der Waals surface area contributed by atoms with Crippen LogP contribution in [0.5, 0.6) is 5.75 Å². The van der Waals surface area contributed by atoms with Crippen molar-refractivity contribution in [2.24, 2.45) is 0 Å². The summed E-state index contributed by atoms with van der Waals surface area (Å²) in [5.41, 5.74) is 12.3. The maximum Gasteiger partial charge on any atom is 0.120 e. The number of nitrogens with zero attached hydrogens (tertiary/aromatic N) is 1. The molecule has 0 aromatic heterocycles. The second-order valence-electron chi connectivity index (χ2n) is 7.28. The minimum atomic E-state index is 0.349. The highest BCUT2D eigenvalue weighted by Gasteiger charge is 2.25. The number of hydrogen-bond acceptors (Lipinski definition) is 3. The molecule has 0 saturated heterocycles. The van der Waals surface area contributed by atoms with E-state index in [2.05, 4.69) is 54.4 Å². The molecule has 0 saturated carbocycles. The zero-order chi connectivity index (χ0) is 18.6. The molecule has 1 aliphatic heterocycles. The van der Waals surface area contributed by atoms with Gasteiger partial charge in [0.1, 0.15) is 12.4 Å². The number of nitrogen functional groups attached to an aromatic ring is 1. The quantitative estimate of drug-likeness (QED) is 0.677. The molecule has 27 heavy (non-hydrogen) atoms. The van der Waals surface area contributed by atoms with Crippen molar-refractivity contribution in [3.63, 3.8) is 0 Å². The van der Waals surface area contributed by atoms with Crippen LogP contribution in [0.3, 0.4) is 0 Å². The molecule has 1 heterocycles. The molecule has 3 aromatic rings. The lowest BCUT2D eigenvalue weighted by Gasteiger charge is -2.35. The van der Waals surface area contributed by atoms with Gasteiger partial charge in [0.25, 0.3) is 0 Å². The molecular weight excluding hydrogens is 332 g/mol. The average molecular weight is 358 g/mol. The van der Waals surface area contributed by atoms with E-state index in [9.17, 15) is 0 Å². The molecule has 2 N–H and O–H groups in total. The zero-order valence-corrected chi connectivity index (χ0v) is 15.8. The molecule has 1 aliphatic rings. The highest BCUT2D eigenvalue weighted by Crippen LogP contribution is 2.33. The van der Waals surface area contributed by atoms with E-state index in [1.165, 1.54) is 11.1 Å². The molecule has 3 nitrogen and oxygen atoms in total. The summed E-state index contributed by atoms with van der Waals surface area (Å²) in [5.74, 6) is 0.870. The van der Waals surface area contributed by atoms with Crippen LogP contribution in [0.2, 0.25) is 0 Å². The van der Waals surface area contributed by atoms with Crippen LogP contribution in [0.1, 0.15) is 28.3 Å². The summed E-state index contributed by atoms with van der Waals surface area (Å²) in [6.07, 6.45) is 2.00. The lowest BCUT2D eigenvalue weighted by molar-refractivity contribution is 0.229. The maximum absolute atomic E-state index is 6.31. The van der Waals surface area contributed by atoms with E-state index in [-0.39, 0.29) is 0 Å². The second kappa shape index (κ2) is 7.85. The van der Waals surface area contributed by atoms with Gasteiger partial charge in [-0.15, -0.1) is 0 Å². The molecule has 4 rings (SSSR count). The largest absolute Gasteiger partial charge is 0.489 e. The van der Waals surface area contributed by atoms with Gasteiger partial charge in [0, 0.05) is 18.3 Å². The molecule has 0 unspecified atom stereocenters. The van der Waals surface area contributed by atoms with Gasteiger partial charge in [-0.05, 0) is 60.3 Å². The lowest BCUT2D eigenvalue weighted by Crippen LogP contribution is -2.33. The van der Waals surface area contributed by atoms with Crippen LogP contribution in [0.25, 0.3) is 0 Å². The molecule has 3 aromatic carbocycles. The van der Waals surface area contributed by atoms with E-state index in [0.29, 0.717) is 12.6 Å². The Bertz CT molecular complexity index is 907. The Morgan fingerprint density at radius 2 is 1.78 bits per heavy atom. The standard InChI is InChI=1S/C24H26N2O/c1-26-14-13-19-9-5-6-10-22(19)24(26)16-20-15-21(11-12-23(20)25)27-17-18-7-3-2-4-8-18/h2-12,15,24H,13-14,16-17,25H2,1H3/t24-/m1/s1. The summed E-state index contributed by atoms with van der Waals surface area (Å²) < 4.78 is 6.00. The Labute approximate surface area is 161 Å². The summed E-state index contributed by atoms with van der Waals surface area (Å²) in [5, 5.41) is 0. The summed E-state index contributed by atoms with van der Waals surface area (Å²) >= 11 is 0. The Balaban J connectivity index is 1.54. The van der Waals surface area contributed by atoms with E-state index in [0.717, 1.165) is 42.0 Å². The Morgan fingerprint density at radius 1 is 1.00 bits per heavy atom. The molecule has 3 heteroatoms. The zero-order valence-electron chi connectivity index (χ0n) is 15.8. The first kappa shape index (κ1) is 17.6. The summed E-state index contributed by atoms with van der Waals surface area (Å²) in [6.45, 7) is 1.64. The van der Waals surface area contributed by atoms with Crippen LogP contribution >= 0.6 is 0 Å². The molecule has 0 aliphatic carbocycles. The number of anilines is 1. The Kier molecular flexibility index (Phi) is 5.12. The number of nitrogens with two attached hydrogens (primary N) is 1. The summed E-state index contributed by atoms with van der Waals surface area (Å²) in [6, 6.07) is 25.4. The third kappa shape index (κ3) is 3.99. The molecule has 1 atom stereocenters. The first-order valence-corrected chi connectivity index (χ1v) is 9.54. The molecule has 0 amide bonds. The van der Waals surface area contributed by atoms with Crippen molar-refractivity contribution in [1.29, 1.82) is 0 Å². The topological polar surface area (TPSA) is 38.5 Å². The third-order valence-corrected chi connectivity index (χ3v) is 5.46. The van der Waals surface area contributed by atoms with Crippen molar-refractivity contribution < 1.29 is 4.74 Å². The first-order chi connectivity index (χ1) is 13.2. The highest BCUT2D eigenvalue weighted by atomic mass is 16.5. The SMILES string of the molecule is CN1CCc2ccccc2[C@H]1Cc1cc(OCc2ccccc2)ccc1N. The number of ether oxygens (including phenoxy) is 1. The van der Waals surface area contributed by atoms with Crippen molar-refractivity contribution in [2.75, 3.05) is 19.3 Å². The molecule has 0 fully saturated rings. The number of hydrogen-bond donors (Lipinski definition) is 1. The van der Waals surface area contributed by atoms with Crippen LogP contribution in [0.15, 0.2) is 72.8 Å². The van der Waals surface area contributed by atoms with Crippen LogP contribution in [0.4, 0.5) is 5.69 Å². The maximum atomic E-state index is 6.31. The monoisotopic (exact) mass is 358 g/mol. The minimum absolute atomic E-state index is 0.349. The fourth-order valence-corrected chi connectivity index (χ4v) is 3.84. The van der Waals surface area contributed by atoms with Crippen molar-refractivity contribution >= 4 is 5.69 Å². The molecule has 0 bridgehead atoms. The predicted molar refractivity (Wildman–Crippen MR) is 111 cm³/mol. The molecule has 138 valence electrons. The van der Waals surface area contributed by atoms with Gasteiger partial charge >= 0.3 is 0 Å². The minimum Gasteiger partial charge on any atom is -0.489 e. The second-order valence-corrected chi connectivity index (χ2v) is 7.28. The van der Waals surface area contributed by atoms with Crippen LogP contribution in [-0.4, -0.2) is 18.5 Å². The van der Waals surface area contributed by atoms with E-state index in [4.69, 9.17) is 10.5 Å². The van der Waals surface area contributed by atoms with Gasteiger partial charge in [-0.3, -0.25) is 4.90 Å². The van der Waals surface area contributed by atoms with Crippen LogP contribution < -0.4 is 10.5 Å². The molecule has 0 spiro atoms. The Morgan fingerprint density at radius 3 is 2.63 bits per heavy atom.